The Balaban J connectivity index is 1.38. The summed E-state index contributed by atoms with van der Waals surface area (Å²) in [6.45, 7) is 6.76. The molecular weight excluding hydrogens is 630 g/mol. The van der Waals surface area contributed by atoms with Gasteiger partial charge in [-0.1, -0.05) is 78.9 Å². The number of halogens is 1. The molecule has 2 aliphatic rings. The topological polar surface area (TPSA) is 102 Å². The normalized spacial score (nSPS) is 18.8. The molecule has 0 radical (unpaired) electrons. The van der Waals surface area contributed by atoms with E-state index in [2.05, 4.69) is 24.0 Å². The number of fused-ring (bicyclic) bond motifs is 1. The van der Waals surface area contributed by atoms with E-state index in [4.69, 9.17) is 21.1 Å². The van der Waals surface area contributed by atoms with Crippen LogP contribution < -0.4 is 14.4 Å². The molecule has 0 bridgehead atoms. The molecule has 0 aliphatic carbocycles. The van der Waals surface area contributed by atoms with Gasteiger partial charge in [0.25, 0.3) is 5.78 Å². The second-order valence-electron chi connectivity index (χ2n) is 11.5. The molecule has 2 atom stereocenters. The van der Waals surface area contributed by atoms with Gasteiger partial charge >= 0.3 is 5.91 Å². The fourth-order valence-electron chi connectivity index (χ4n) is 5.37. The number of anilines is 1. The molecule has 4 aromatic rings. The monoisotopic (exact) mass is 661 g/mol. The summed E-state index contributed by atoms with van der Waals surface area (Å²) in [5.74, 6) is 0.551. The number of carbonyl (C=O) groups excluding carboxylic acids is 2. The summed E-state index contributed by atoms with van der Waals surface area (Å²) in [6.07, 6.45) is 1.58. The highest BCUT2D eigenvalue weighted by atomic mass is 35.5. The number of aliphatic hydroxyl groups is 1. The molecule has 1 saturated heterocycles. The van der Waals surface area contributed by atoms with Crippen LogP contribution in [-0.4, -0.2) is 39.7 Å². The third-order valence-electron chi connectivity index (χ3n) is 7.66. The molecule has 3 aromatic carbocycles. The number of hydrogen-bond acceptors (Lipinski definition) is 9. The summed E-state index contributed by atoms with van der Waals surface area (Å²) in [7, 11) is 0. The first-order chi connectivity index (χ1) is 21.7. The lowest BCUT2D eigenvalue weighted by molar-refractivity contribution is -0.132. The summed E-state index contributed by atoms with van der Waals surface area (Å²) < 4.78 is 12.5. The van der Waals surface area contributed by atoms with Crippen LogP contribution in [0.15, 0.2) is 76.6 Å². The molecule has 1 fully saturated rings. The number of nitrogens with zero attached hydrogens (tertiary/aromatic N) is 3. The fraction of sp³-hybridized carbons (Fsp3) is 0.294. The van der Waals surface area contributed by atoms with Crippen LogP contribution >= 0.6 is 34.7 Å². The third-order valence-corrected chi connectivity index (χ3v) is 10.1. The van der Waals surface area contributed by atoms with Crippen LogP contribution in [0.1, 0.15) is 55.5 Å². The number of thioether (sulfide) groups is 1. The average Bonchev–Trinajstić information content (AvgIpc) is 3.71. The van der Waals surface area contributed by atoms with Gasteiger partial charge in [-0.05, 0) is 72.4 Å². The number of benzene rings is 3. The van der Waals surface area contributed by atoms with Crippen molar-refractivity contribution >= 4 is 57.3 Å². The molecule has 1 amide bonds. The summed E-state index contributed by atoms with van der Waals surface area (Å²) in [5.41, 5.74) is 2.90. The summed E-state index contributed by atoms with van der Waals surface area (Å²) >= 11 is 8.98. The number of carbonyl (C=O) groups is 2. The smallest absolute Gasteiger partial charge is 0.301 e. The van der Waals surface area contributed by atoms with Crippen LogP contribution in [0.25, 0.3) is 5.76 Å². The zero-order valence-electron chi connectivity index (χ0n) is 25.0. The molecule has 0 spiro atoms. The summed E-state index contributed by atoms with van der Waals surface area (Å²) in [6, 6.07) is 19.2. The standard InChI is InChI=1S/C34H32ClN3O5S2/c1-19(2)13-14-42-25-9-6-8-21(17-25)29-28(30(39)22-11-12-27-24(16-22)15-20(3)43-27)31(40)32(41)38(29)33-36-37-34(45-33)44-18-23-7-4-5-10-26(23)35/h4-12,16-17,19-20,29,39H,13-15,18H2,1-3H3/b30-28+. The van der Waals surface area contributed by atoms with E-state index in [9.17, 15) is 14.7 Å². The van der Waals surface area contributed by atoms with Crippen molar-refractivity contribution < 1.29 is 24.2 Å². The van der Waals surface area contributed by atoms with Gasteiger partial charge in [0.05, 0.1) is 18.2 Å². The first kappa shape index (κ1) is 31.1. The molecule has 8 nitrogen and oxygen atoms in total. The molecule has 45 heavy (non-hydrogen) atoms. The number of aliphatic hydroxyl groups excluding tert-OH is 1. The Bertz CT molecular complexity index is 1790. The lowest BCUT2D eigenvalue weighted by Gasteiger charge is -2.23. The van der Waals surface area contributed by atoms with Crippen molar-refractivity contribution in [3.05, 3.63) is 99.6 Å². The number of ketones is 1. The Kier molecular flexibility index (Phi) is 9.16. The average molecular weight is 662 g/mol. The van der Waals surface area contributed by atoms with E-state index in [1.807, 2.05) is 61.5 Å². The quantitative estimate of drug-likeness (QED) is 0.0603. The van der Waals surface area contributed by atoms with E-state index in [1.165, 1.54) is 28.0 Å². The molecule has 0 saturated carbocycles. The highest BCUT2D eigenvalue weighted by Gasteiger charge is 2.48. The van der Waals surface area contributed by atoms with Crippen molar-refractivity contribution in [1.29, 1.82) is 0 Å². The van der Waals surface area contributed by atoms with Gasteiger partial charge in [0.1, 0.15) is 23.4 Å². The number of aromatic nitrogens is 2. The highest BCUT2D eigenvalue weighted by Crippen LogP contribution is 2.45. The van der Waals surface area contributed by atoms with Crippen molar-refractivity contribution in [3.63, 3.8) is 0 Å². The zero-order valence-corrected chi connectivity index (χ0v) is 27.4. The van der Waals surface area contributed by atoms with Gasteiger partial charge in [0.2, 0.25) is 5.13 Å². The largest absolute Gasteiger partial charge is 0.507 e. The summed E-state index contributed by atoms with van der Waals surface area (Å²) in [4.78, 5) is 28.8. The minimum absolute atomic E-state index is 0.0174. The maximum atomic E-state index is 13.7. The highest BCUT2D eigenvalue weighted by molar-refractivity contribution is 8.00. The molecule has 1 N–H and O–H groups in total. The van der Waals surface area contributed by atoms with Gasteiger partial charge in [-0.3, -0.25) is 14.5 Å². The maximum Gasteiger partial charge on any atom is 0.301 e. The zero-order chi connectivity index (χ0) is 31.7. The third kappa shape index (κ3) is 6.59. The molecule has 6 rings (SSSR count). The van der Waals surface area contributed by atoms with Crippen LogP contribution in [-0.2, 0) is 21.8 Å². The van der Waals surface area contributed by atoms with E-state index < -0.39 is 17.7 Å². The fourth-order valence-corrected chi connectivity index (χ4v) is 7.52. The number of Topliss-reactive ketones (excluding diaryl/α,β-unsaturated/α-hetero) is 1. The Morgan fingerprint density at radius 3 is 2.76 bits per heavy atom. The molecular formula is C34H32ClN3O5S2. The second kappa shape index (κ2) is 13.2. The molecule has 2 aliphatic heterocycles. The minimum Gasteiger partial charge on any atom is -0.507 e. The van der Waals surface area contributed by atoms with Gasteiger partial charge in [-0.15, -0.1) is 10.2 Å². The van der Waals surface area contributed by atoms with Crippen molar-refractivity contribution in [2.24, 2.45) is 5.92 Å². The predicted octanol–water partition coefficient (Wildman–Crippen LogP) is 7.86. The Morgan fingerprint density at radius 2 is 1.96 bits per heavy atom. The Hall–Kier alpha value is -3.86. The summed E-state index contributed by atoms with van der Waals surface area (Å²) in [5, 5.41) is 21.2. The first-order valence-electron chi connectivity index (χ1n) is 14.7. The van der Waals surface area contributed by atoms with Gasteiger partial charge < -0.3 is 14.6 Å². The van der Waals surface area contributed by atoms with Crippen molar-refractivity contribution in [2.45, 2.75) is 55.9 Å². The first-order valence-corrected chi connectivity index (χ1v) is 16.9. The van der Waals surface area contributed by atoms with Gasteiger partial charge in [0.15, 0.2) is 4.34 Å². The maximum absolute atomic E-state index is 13.7. The molecule has 11 heteroatoms. The lowest BCUT2D eigenvalue weighted by Crippen LogP contribution is -2.29. The second-order valence-corrected chi connectivity index (χ2v) is 14.0. The predicted molar refractivity (Wildman–Crippen MR) is 177 cm³/mol. The number of ether oxygens (including phenoxy) is 2. The Labute approximate surface area is 275 Å². The van der Waals surface area contributed by atoms with Crippen LogP contribution in [0, 0.1) is 5.92 Å². The van der Waals surface area contributed by atoms with E-state index >= 15 is 0 Å². The van der Waals surface area contributed by atoms with Crippen molar-refractivity contribution in [3.8, 4) is 11.5 Å². The van der Waals surface area contributed by atoms with E-state index in [-0.39, 0.29) is 22.6 Å². The molecule has 232 valence electrons. The minimum atomic E-state index is -0.948. The van der Waals surface area contributed by atoms with E-state index in [1.54, 1.807) is 12.1 Å². The Morgan fingerprint density at radius 1 is 1.13 bits per heavy atom. The number of rotatable bonds is 10. The van der Waals surface area contributed by atoms with Crippen molar-refractivity contribution in [1.82, 2.24) is 10.2 Å². The number of amides is 1. The van der Waals surface area contributed by atoms with Gasteiger partial charge in [-0.2, -0.15) is 0 Å². The lowest BCUT2D eigenvalue weighted by atomic mass is 9.94. The molecule has 2 unspecified atom stereocenters. The molecule has 3 heterocycles. The number of hydrogen-bond donors (Lipinski definition) is 1. The van der Waals surface area contributed by atoms with Crippen LogP contribution in [0.3, 0.4) is 0 Å². The van der Waals surface area contributed by atoms with Crippen LogP contribution in [0.4, 0.5) is 5.13 Å². The van der Waals surface area contributed by atoms with Crippen LogP contribution in [0.5, 0.6) is 11.5 Å². The van der Waals surface area contributed by atoms with Gasteiger partial charge in [-0.25, -0.2) is 0 Å². The van der Waals surface area contributed by atoms with E-state index in [0.29, 0.717) is 50.9 Å². The van der Waals surface area contributed by atoms with Crippen LogP contribution in [0.2, 0.25) is 5.02 Å². The van der Waals surface area contributed by atoms with Gasteiger partial charge in [0, 0.05) is 22.8 Å². The van der Waals surface area contributed by atoms with E-state index in [0.717, 1.165) is 23.3 Å². The molecule has 1 aromatic heterocycles. The van der Waals surface area contributed by atoms with Crippen molar-refractivity contribution in [2.75, 3.05) is 11.5 Å². The SMILES string of the molecule is CC(C)CCOc1cccc(C2/C(=C(\O)c3ccc4c(c3)CC(C)O4)C(=O)C(=O)N2c2nnc(SCc3ccccc3Cl)s2)c1.